The number of carboxylic acids is 1. The Morgan fingerprint density at radius 2 is 2.21 bits per heavy atom. The quantitative estimate of drug-likeness (QED) is 0.644. The summed E-state index contributed by atoms with van der Waals surface area (Å²) < 4.78 is 6.19. The van der Waals surface area contributed by atoms with Crippen molar-refractivity contribution in [2.45, 2.75) is 13.0 Å². The lowest BCUT2D eigenvalue weighted by Crippen LogP contribution is -2.36. The molecular formula is C13H12N6O5. The first-order valence-corrected chi connectivity index (χ1v) is 6.82. The van der Waals surface area contributed by atoms with E-state index < -0.39 is 22.9 Å². The first kappa shape index (κ1) is 15.5. The van der Waals surface area contributed by atoms with E-state index in [0.717, 1.165) is 0 Å². The van der Waals surface area contributed by atoms with Gasteiger partial charge in [0.05, 0.1) is 23.7 Å². The standard InChI is InChI=1S/C13H12N6O5/c1-6-10(12(20)21)11(18-13(14-6)15-16-17-18)8-4-3-7(24-2)5-9(8)19(22)23/h3-5,10-11H,1-2H3,(H,20,21). The molecule has 0 aliphatic carbocycles. The van der Waals surface area contributed by atoms with Crippen LogP contribution in [0.25, 0.3) is 0 Å². The van der Waals surface area contributed by atoms with Gasteiger partial charge in [0, 0.05) is 5.71 Å². The molecule has 2 atom stereocenters. The van der Waals surface area contributed by atoms with E-state index in [-0.39, 0.29) is 28.7 Å². The average Bonchev–Trinajstić information content (AvgIpc) is 3.00. The number of nitrogens with zero attached hydrogens (tertiary/aromatic N) is 6. The molecule has 0 saturated carbocycles. The number of carboxylic acid groups (broad SMARTS) is 1. The van der Waals surface area contributed by atoms with E-state index in [2.05, 4.69) is 20.5 Å². The molecule has 2 unspecified atom stereocenters. The van der Waals surface area contributed by atoms with Crippen molar-refractivity contribution in [3.8, 4) is 5.75 Å². The fraction of sp³-hybridized carbons (Fsp3) is 0.308. The molecule has 3 rings (SSSR count). The van der Waals surface area contributed by atoms with Gasteiger partial charge in [-0.15, -0.1) is 0 Å². The fourth-order valence-corrected chi connectivity index (χ4v) is 2.72. The maximum Gasteiger partial charge on any atom is 0.314 e. The van der Waals surface area contributed by atoms with Crippen molar-refractivity contribution in [3.05, 3.63) is 33.9 Å². The van der Waals surface area contributed by atoms with E-state index >= 15 is 0 Å². The number of nitro groups is 1. The van der Waals surface area contributed by atoms with Gasteiger partial charge in [0.2, 0.25) is 0 Å². The van der Waals surface area contributed by atoms with Gasteiger partial charge in [0.25, 0.3) is 11.6 Å². The second-order valence-electron chi connectivity index (χ2n) is 5.12. The number of hydrogen-bond acceptors (Lipinski definition) is 8. The molecule has 0 amide bonds. The summed E-state index contributed by atoms with van der Waals surface area (Å²) in [6.45, 7) is 1.53. The van der Waals surface area contributed by atoms with Crippen molar-refractivity contribution in [1.82, 2.24) is 20.2 Å². The Balaban J connectivity index is 2.25. The molecule has 1 N–H and O–H groups in total. The molecular weight excluding hydrogens is 320 g/mol. The zero-order chi connectivity index (χ0) is 17.4. The van der Waals surface area contributed by atoms with E-state index in [9.17, 15) is 20.0 Å². The van der Waals surface area contributed by atoms with Crippen LogP contribution in [0.4, 0.5) is 11.6 Å². The molecule has 11 nitrogen and oxygen atoms in total. The highest BCUT2D eigenvalue weighted by Gasteiger charge is 2.42. The van der Waals surface area contributed by atoms with Crippen LogP contribution in [-0.2, 0) is 4.79 Å². The lowest BCUT2D eigenvalue weighted by Gasteiger charge is -2.27. The number of aromatic nitrogens is 4. The number of fused-ring (bicyclic) bond motifs is 1. The van der Waals surface area contributed by atoms with Crippen LogP contribution in [0.3, 0.4) is 0 Å². The van der Waals surface area contributed by atoms with Crippen LogP contribution in [0.2, 0.25) is 0 Å². The van der Waals surface area contributed by atoms with Crippen molar-refractivity contribution in [1.29, 1.82) is 0 Å². The number of carbonyl (C=O) groups is 1. The summed E-state index contributed by atoms with van der Waals surface area (Å²) in [7, 11) is 1.38. The van der Waals surface area contributed by atoms with Crippen LogP contribution >= 0.6 is 0 Å². The van der Waals surface area contributed by atoms with Gasteiger partial charge in [-0.1, -0.05) is 5.10 Å². The monoisotopic (exact) mass is 332 g/mol. The van der Waals surface area contributed by atoms with Gasteiger partial charge in [-0.2, -0.15) is 0 Å². The Hall–Kier alpha value is -3.37. The largest absolute Gasteiger partial charge is 0.497 e. The number of methoxy groups -OCH3 is 1. The predicted molar refractivity (Wildman–Crippen MR) is 79.5 cm³/mol. The average molecular weight is 332 g/mol. The Labute approximate surface area is 134 Å². The number of ether oxygens (including phenoxy) is 1. The molecule has 124 valence electrons. The third-order valence-corrected chi connectivity index (χ3v) is 3.80. The third-order valence-electron chi connectivity index (χ3n) is 3.80. The number of benzene rings is 1. The number of rotatable bonds is 4. The lowest BCUT2D eigenvalue weighted by atomic mass is 9.87. The number of hydrogen-bond donors (Lipinski definition) is 1. The van der Waals surface area contributed by atoms with Crippen molar-refractivity contribution in [2.75, 3.05) is 7.11 Å². The minimum Gasteiger partial charge on any atom is -0.497 e. The Kier molecular flexibility index (Phi) is 3.67. The topological polar surface area (TPSA) is 146 Å². The molecule has 1 aromatic carbocycles. The van der Waals surface area contributed by atoms with Crippen LogP contribution in [0, 0.1) is 16.0 Å². The van der Waals surface area contributed by atoms with Crippen molar-refractivity contribution >= 4 is 23.3 Å². The molecule has 1 aliphatic heterocycles. The van der Waals surface area contributed by atoms with Gasteiger partial charge in [0.15, 0.2) is 0 Å². The highest BCUT2D eigenvalue weighted by molar-refractivity contribution is 6.02. The minimum absolute atomic E-state index is 0.0973. The maximum atomic E-state index is 11.7. The van der Waals surface area contributed by atoms with Gasteiger partial charge in [-0.3, -0.25) is 14.9 Å². The van der Waals surface area contributed by atoms with Crippen molar-refractivity contribution in [3.63, 3.8) is 0 Å². The third kappa shape index (κ3) is 2.35. The smallest absolute Gasteiger partial charge is 0.314 e. The molecule has 1 aliphatic rings. The zero-order valence-corrected chi connectivity index (χ0v) is 12.7. The second kappa shape index (κ2) is 5.68. The van der Waals surface area contributed by atoms with Crippen LogP contribution in [0.5, 0.6) is 5.75 Å². The van der Waals surface area contributed by atoms with E-state index in [0.29, 0.717) is 0 Å². The summed E-state index contributed by atoms with van der Waals surface area (Å²) in [6.07, 6.45) is 0. The highest BCUT2D eigenvalue weighted by atomic mass is 16.6. The molecule has 0 fully saturated rings. The van der Waals surface area contributed by atoms with Crippen molar-refractivity contribution in [2.24, 2.45) is 10.9 Å². The van der Waals surface area contributed by atoms with E-state index in [4.69, 9.17) is 4.74 Å². The summed E-state index contributed by atoms with van der Waals surface area (Å²) in [5.74, 6) is -1.92. The molecule has 1 aromatic heterocycles. The van der Waals surface area contributed by atoms with Gasteiger partial charge in [-0.25, -0.2) is 9.67 Å². The first-order valence-electron chi connectivity index (χ1n) is 6.82. The fourth-order valence-electron chi connectivity index (χ4n) is 2.72. The van der Waals surface area contributed by atoms with Crippen molar-refractivity contribution < 1.29 is 19.6 Å². The van der Waals surface area contributed by atoms with Gasteiger partial charge >= 0.3 is 5.97 Å². The summed E-state index contributed by atoms with van der Waals surface area (Å²) in [5.41, 5.74) is 0.151. The summed E-state index contributed by atoms with van der Waals surface area (Å²) in [4.78, 5) is 26.6. The molecule has 0 saturated heterocycles. The van der Waals surface area contributed by atoms with Crippen LogP contribution in [-0.4, -0.2) is 49.0 Å². The van der Waals surface area contributed by atoms with E-state index in [1.54, 1.807) is 0 Å². The molecule has 0 spiro atoms. The number of tetrazole rings is 1. The first-order chi connectivity index (χ1) is 11.4. The molecule has 0 bridgehead atoms. The Bertz CT molecular complexity index is 860. The van der Waals surface area contributed by atoms with Crippen LogP contribution < -0.4 is 4.74 Å². The molecule has 24 heavy (non-hydrogen) atoms. The number of aliphatic imine (C=N–C) groups is 1. The second-order valence-corrected chi connectivity index (χ2v) is 5.12. The summed E-state index contributed by atoms with van der Waals surface area (Å²) in [6, 6.07) is 3.21. The molecule has 11 heteroatoms. The van der Waals surface area contributed by atoms with Crippen LogP contribution in [0.15, 0.2) is 23.2 Å². The van der Waals surface area contributed by atoms with E-state index in [1.807, 2.05) is 0 Å². The number of aliphatic carboxylic acids is 1. The Morgan fingerprint density at radius 3 is 2.83 bits per heavy atom. The number of nitro benzene ring substituents is 1. The predicted octanol–water partition coefficient (Wildman–Crippen LogP) is 0.986. The Morgan fingerprint density at radius 1 is 1.46 bits per heavy atom. The van der Waals surface area contributed by atoms with E-state index in [1.165, 1.54) is 36.9 Å². The maximum absolute atomic E-state index is 11.7. The van der Waals surface area contributed by atoms with Crippen LogP contribution in [0.1, 0.15) is 18.5 Å². The zero-order valence-electron chi connectivity index (χ0n) is 12.7. The molecule has 0 radical (unpaired) electrons. The molecule has 2 aromatic rings. The van der Waals surface area contributed by atoms with Gasteiger partial charge < -0.3 is 9.84 Å². The highest BCUT2D eigenvalue weighted by Crippen LogP contribution is 2.39. The molecule has 2 heterocycles. The summed E-state index contributed by atoms with van der Waals surface area (Å²) in [5, 5.41) is 32.0. The van der Waals surface area contributed by atoms with Gasteiger partial charge in [-0.05, 0) is 29.5 Å². The summed E-state index contributed by atoms with van der Waals surface area (Å²) >= 11 is 0. The van der Waals surface area contributed by atoms with Gasteiger partial charge in [0.1, 0.15) is 17.7 Å². The minimum atomic E-state index is -1.17. The normalized spacial score (nSPS) is 19.3. The lowest BCUT2D eigenvalue weighted by molar-refractivity contribution is -0.385. The SMILES string of the molecule is COc1ccc(C2C(C(=O)O)C(C)=Nc3nnnn32)c([N+](=O)[O-])c1.